The minimum atomic E-state index is -2.59. The van der Waals surface area contributed by atoms with E-state index in [2.05, 4.69) is 5.32 Å². The van der Waals surface area contributed by atoms with Crippen molar-refractivity contribution < 1.29 is 19.2 Å². The van der Waals surface area contributed by atoms with Gasteiger partial charge in [0.15, 0.2) is 0 Å². The lowest BCUT2D eigenvalue weighted by molar-refractivity contribution is -0.551. The molecule has 0 aliphatic carbocycles. The highest BCUT2D eigenvalue weighted by atomic mass is 35.5. The van der Waals surface area contributed by atoms with Crippen molar-refractivity contribution in [2.45, 2.75) is 17.6 Å². The van der Waals surface area contributed by atoms with Crippen molar-refractivity contribution in [1.29, 1.82) is 0 Å². The van der Waals surface area contributed by atoms with Crippen LogP contribution < -0.4 is 10.6 Å². The normalized spacial score (nSPS) is 35.7. The van der Waals surface area contributed by atoms with Crippen molar-refractivity contribution in [3.63, 3.8) is 0 Å². The molecule has 0 bridgehead atoms. The number of halogens is 1. The predicted octanol–water partition coefficient (Wildman–Crippen LogP) is -0.600. The molecule has 2 unspecified atom stereocenters. The second-order valence-electron chi connectivity index (χ2n) is 3.02. The molecule has 0 spiro atoms. The summed E-state index contributed by atoms with van der Waals surface area (Å²) in [4.78, 5) is 29.4. The van der Waals surface area contributed by atoms with Crippen LogP contribution in [-0.4, -0.2) is 34.7 Å². The van der Waals surface area contributed by atoms with E-state index in [1.807, 2.05) is 0 Å². The number of carbonyl (C=O) groups excluding carboxylic acids is 2. The fraction of sp³-hybridized carbons (Fsp3) is 0.667. The van der Waals surface area contributed by atoms with Gasteiger partial charge in [-0.2, -0.15) is 0 Å². The van der Waals surface area contributed by atoms with E-state index in [1.165, 1.54) is 0 Å². The van der Waals surface area contributed by atoms with E-state index < -0.39 is 27.6 Å². The Hall–Kier alpha value is -1.41. The van der Waals surface area contributed by atoms with Gasteiger partial charge in [-0.25, -0.2) is 4.79 Å². The summed E-state index contributed by atoms with van der Waals surface area (Å²) < 4.78 is 4.73. The molecule has 3 amide bonds. The van der Waals surface area contributed by atoms with Crippen LogP contribution in [0, 0.1) is 10.1 Å². The molecule has 2 atom stereocenters. The van der Waals surface area contributed by atoms with Gasteiger partial charge >= 0.3 is 16.9 Å². The van der Waals surface area contributed by atoms with Gasteiger partial charge in [-0.1, -0.05) is 0 Å². The quantitative estimate of drug-likeness (QED) is 0.288. The molecule has 0 aromatic carbocycles. The van der Waals surface area contributed by atoms with Gasteiger partial charge in [0.1, 0.15) is 0 Å². The van der Waals surface area contributed by atoms with Gasteiger partial charge in [0.2, 0.25) is 5.72 Å². The summed E-state index contributed by atoms with van der Waals surface area (Å²) >= 11 is 5.58. The van der Waals surface area contributed by atoms with E-state index in [1.54, 1.807) is 5.32 Å². The van der Waals surface area contributed by atoms with Crippen LogP contribution in [0.1, 0.15) is 6.92 Å². The molecule has 0 aromatic rings. The lowest BCUT2D eigenvalue weighted by atomic mass is 10.0. The van der Waals surface area contributed by atoms with Gasteiger partial charge in [0.25, 0.3) is 0 Å². The van der Waals surface area contributed by atoms with Crippen LogP contribution >= 0.6 is 11.6 Å². The van der Waals surface area contributed by atoms with E-state index in [0.717, 1.165) is 14.0 Å². The third-order valence-corrected chi connectivity index (χ3v) is 2.84. The summed E-state index contributed by atoms with van der Waals surface area (Å²) in [6.07, 6.45) is 0. The Labute approximate surface area is 89.1 Å². The van der Waals surface area contributed by atoms with Gasteiger partial charge < -0.3 is 10.1 Å². The van der Waals surface area contributed by atoms with Crippen LogP contribution in [-0.2, 0) is 9.53 Å². The first-order valence-electron chi connectivity index (χ1n) is 3.80. The number of urea groups is 1. The summed E-state index contributed by atoms with van der Waals surface area (Å²) in [6.45, 7) is 1.14. The van der Waals surface area contributed by atoms with Crippen molar-refractivity contribution in [1.82, 2.24) is 10.6 Å². The fourth-order valence-electron chi connectivity index (χ4n) is 1.18. The highest BCUT2D eigenvalue weighted by molar-refractivity contribution is 6.36. The first kappa shape index (κ1) is 11.7. The molecule has 1 aliphatic heterocycles. The first-order chi connectivity index (χ1) is 6.78. The topological polar surface area (TPSA) is 111 Å². The van der Waals surface area contributed by atoms with E-state index in [-0.39, 0.29) is 0 Å². The van der Waals surface area contributed by atoms with E-state index in [9.17, 15) is 19.7 Å². The Morgan fingerprint density at radius 1 is 1.53 bits per heavy atom. The third kappa shape index (κ3) is 1.41. The number of hydrogen-bond donors (Lipinski definition) is 2. The molecular formula is C6H8ClN3O5. The Morgan fingerprint density at radius 2 is 2.07 bits per heavy atom. The molecule has 0 radical (unpaired) electrons. The molecule has 84 valence electrons. The second-order valence-corrected chi connectivity index (χ2v) is 3.57. The average Bonchev–Trinajstić information content (AvgIpc) is 2.13. The molecule has 1 rings (SSSR count). The van der Waals surface area contributed by atoms with Crippen LogP contribution in [0.25, 0.3) is 0 Å². The zero-order valence-corrected chi connectivity index (χ0v) is 8.62. The van der Waals surface area contributed by atoms with Crippen molar-refractivity contribution in [2.24, 2.45) is 0 Å². The molecule has 9 heteroatoms. The summed E-state index contributed by atoms with van der Waals surface area (Å²) in [5, 5.41) is 14.5. The number of imide groups is 1. The molecule has 0 saturated carbocycles. The number of amides is 3. The van der Waals surface area contributed by atoms with Crippen molar-refractivity contribution in [3.8, 4) is 0 Å². The molecule has 1 fully saturated rings. The number of hydrogen-bond acceptors (Lipinski definition) is 5. The minimum Gasteiger partial charge on any atom is -0.351 e. The second kappa shape index (κ2) is 3.31. The summed E-state index contributed by atoms with van der Waals surface area (Å²) in [5.41, 5.74) is -1.91. The minimum absolute atomic E-state index is 0.900. The molecule has 1 aliphatic rings. The zero-order valence-electron chi connectivity index (χ0n) is 7.87. The number of carbonyl (C=O) groups is 2. The first-order valence-corrected chi connectivity index (χ1v) is 4.18. The van der Waals surface area contributed by atoms with Crippen LogP contribution in [0.15, 0.2) is 0 Å². The van der Waals surface area contributed by atoms with Gasteiger partial charge in [-0.05, 0) is 18.5 Å². The highest BCUT2D eigenvalue weighted by Crippen LogP contribution is 2.33. The third-order valence-electron chi connectivity index (χ3n) is 2.17. The van der Waals surface area contributed by atoms with Gasteiger partial charge in [-0.15, -0.1) is 0 Å². The molecule has 15 heavy (non-hydrogen) atoms. The lowest BCUT2D eigenvalue weighted by Gasteiger charge is -2.38. The Kier molecular flexibility index (Phi) is 2.58. The number of alkyl halides is 1. The van der Waals surface area contributed by atoms with E-state index in [0.29, 0.717) is 0 Å². The number of nitrogens with one attached hydrogen (secondary N) is 2. The van der Waals surface area contributed by atoms with Crippen LogP contribution in [0.5, 0.6) is 0 Å². The Balaban J connectivity index is 3.26. The highest BCUT2D eigenvalue weighted by Gasteiger charge is 2.68. The number of rotatable bonds is 2. The van der Waals surface area contributed by atoms with Gasteiger partial charge in [-0.3, -0.25) is 20.2 Å². The maximum Gasteiger partial charge on any atom is 0.418 e. The molecule has 2 N–H and O–H groups in total. The molecule has 1 heterocycles. The van der Waals surface area contributed by atoms with Crippen molar-refractivity contribution >= 4 is 23.5 Å². The fourth-order valence-corrected chi connectivity index (χ4v) is 1.35. The smallest absolute Gasteiger partial charge is 0.351 e. The van der Waals surface area contributed by atoms with Crippen molar-refractivity contribution in [3.05, 3.63) is 10.1 Å². The van der Waals surface area contributed by atoms with Crippen LogP contribution in [0.4, 0.5) is 4.79 Å². The number of ether oxygens (including phenoxy) is 1. The van der Waals surface area contributed by atoms with Gasteiger partial charge in [0, 0.05) is 7.11 Å². The SMILES string of the molecule is COC1(C)NC(=O)NC(=O)C1(Cl)[N+](=O)[O-]. The molecule has 0 aromatic heterocycles. The molecular weight excluding hydrogens is 230 g/mol. The van der Waals surface area contributed by atoms with E-state index in [4.69, 9.17) is 16.3 Å². The average molecular weight is 238 g/mol. The van der Waals surface area contributed by atoms with E-state index >= 15 is 0 Å². The maximum absolute atomic E-state index is 11.3. The Morgan fingerprint density at radius 3 is 2.47 bits per heavy atom. The van der Waals surface area contributed by atoms with Crippen LogP contribution in [0.2, 0.25) is 0 Å². The predicted molar refractivity (Wildman–Crippen MR) is 47.7 cm³/mol. The summed E-state index contributed by atoms with van der Waals surface area (Å²) in [6, 6.07) is -0.900. The van der Waals surface area contributed by atoms with Gasteiger partial charge in [0.05, 0.1) is 4.92 Å². The monoisotopic (exact) mass is 237 g/mol. The Bertz CT molecular complexity index is 348. The number of methoxy groups -OCH3 is 1. The van der Waals surface area contributed by atoms with Crippen LogP contribution in [0.3, 0.4) is 0 Å². The lowest BCUT2D eigenvalue weighted by Crippen LogP contribution is -2.76. The van der Waals surface area contributed by atoms with Crippen molar-refractivity contribution in [2.75, 3.05) is 7.11 Å². The number of nitrogens with zero attached hydrogens (tertiary/aromatic N) is 1. The maximum atomic E-state index is 11.3. The summed E-state index contributed by atoms with van der Waals surface area (Å²) in [7, 11) is 1.10. The standard InChI is InChI=1S/C6H8ClN3O5/c1-5(15-2)6(7,10(13)14)3(11)8-4(12)9-5/h1-2H3,(H2,8,9,11,12). The zero-order chi connectivity index (χ0) is 11.9. The largest absolute Gasteiger partial charge is 0.418 e. The summed E-state index contributed by atoms with van der Waals surface area (Å²) in [5.74, 6) is -1.23. The molecule has 8 nitrogen and oxygen atoms in total. The number of nitro groups is 1. The molecule has 1 saturated heterocycles.